The van der Waals surface area contributed by atoms with E-state index in [-0.39, 0.29) is 0 Å². The molecule has 0 aromatic heterocycles. The minimum atomic E-state index is 0.747. The van der Waals surface area contributed by atoms with Gasteiger partial charge in [-0.2, -0.15) is 0 Å². The largest absolute Gasteiger partial charge is 0.381 e. The first-order valence-corrected chi connectivity index (χ1v) is 4.39. The van der Waals surface area contributed by atoms with Gasteiger partial charge in [-0.3, -0.25) is 0 Å². The number of rotatable bonds is 6. The van der Waals surface area contributed by atoms with E-state index in [1.54, 1.807) is 0 Å². The first-order chi connectivity index (χ1) is 4.81. The van der Waals surface area contributed by atoms with Gasteiger partial charge in [-0.1, -0.05) is 27.2 Å². The summed E-state index contributed by atoms with van der Waals surface area (Å²) in [6, 6.07) is 0. The topological polar surface area (TPSA) is 9.23 Å². The second kappa shape index (κ2) is 7.07. The third-order valence-electron chi connectivity index (χ3n) is 1.53. The van der Waals surface area contributed by atoms with Crippen LogP contribution in [-0.2, 0) is 4.74 Å². The summed E-state index contributed by atoms with van der Waals surface area (Å²) in [7, 11) is 0. The zero-order valence-electron chi connectivity index (χ0n) is 7.52. The summed E-state index contributed by atoms with van der Waals surface area (Å²) in [5.74, 6) is 0.747. The van der Waals surface area contributed by atoms with Crippen LogP contribution < -0.4 is 0 Å². The van der Waals surface area contributed by atoms with E-state index >= 15 is 0 Å². The predicted octanol–water partition coefficient (Wildman–Crippen LogP) is 2.85. The van der Waals surface area contributed by atoms with E-state index in [4.69, 9.17) is 4.74 Å². The lowest BCUT2D eigenvalue weighted by molar-refractivity contribution is 0.102. The molecule has 10 heavy (non-hydrogen) atoms. The first-order valence-electron chi connectivity index (χ1n) is 4.39. The van der Waals surface area contributed by atoms with Gasteiger partial charge in [0.25, 0.3) is 0 Å². The Hall–Kier alpha value is -0.0400. The molecule has 0 amide bonds. The highest BCUT2D eigenvalue weighted by molar-refractivity contribution is 4.48. The van der Waals surface area contributed by atoms with Crippen molar-refractivity contribution < 1.29 is 4.74 Å². The molecule has 0 saturated carbocycles. The second-order valence-electron chi connectivity index (χ2n) is 2.97. The van der Waals surface area contributed by atoms with E-state index in [0.717, 1.165) is 25.6 Å². The molecule has 0 N–H and O–H groups in total. The van der Waals surface area contributed by atoms with Gasteiger partial charge in [-0.15, -0.1) is 0 Å². The number of hydrogen-bond donors (Lipinski definition) is 0. The van der Waals surface area contributed by atoms with Gasteiger partial charge in [0.1, 0.15) is 0 Å². The van der Waals surface area contributed by atoms with Crippen LogP contribution >= 0.6 is 0 Å². The van der Waals surface area contributed by atoms with Crippen molar-refractivity contribution in [1.29, 1.82) is 0 Å². The highest BCUT2D eigenvalue weighted by atomic mass is 16.5. The van der Waals surface area contributed by atoms with Crippen LogP contribution in [0.25, 0.3) is 0 Å². The molecular formula is C9H20O. The molecule has 1 atom stereocenters. The van der Waals surface area contributed by atoms with Gasteiger partial charge < -0.3 is 4.74 Å². The second-order valence-corrected chi connectivity index (χ2v) is 2.97. The monoisotopic (exact) mass is 144 g/mol. The van der Waals surface area contributed by atoms with Gasteiger partial charge in [0.05, 0.1) is 0 Å². The Morgan fingerprint density at radius 1 is 1.20 bits per heavy atom. The molecule has 0 aliphatic carbocycles. The van der Waals surface area contributed by atoms with E-state index in [2.05, 4.69) is 20.8 Å². The summed E-state index contributed by atoms with van der Waals surface area (Å²) in [6.45, 7) is 8.48. The third kappa shape index (κ3) is 6.09. The highest BCUT2D eigenvalue weighted by Crippen LogP contribution is 2.04. The average molecular weight is 144 g/mol. The maximum Gasteiger partial charge on any atom is 0.0491 e. The predicted molar refractivity (Wildman–Crippen MR) is 45.2 cm³/mol. The van der Waals surface area contributed by atoms with Crippen molar-refractivity contribution in [3.05, 3.63) is 0 Å². The molecule has 0 bridgehead atoms. The molecule has 0 radical (unpaired) electrons. The maximum absolute atomic E-state index is 5.40. The van der Waals surface area contributed by atoms with Crippen molar-refractivity contribution in [2.24, 2.45) is 5.92 Å². The van der Waals surface area contributed by atoms with Crippen molar-refractivity contribution >= 4 is 0 Å². The van der Waals surface area contributed by atoms with Crippen LogP contribution in [0.5, 0.6) is 0 Å². The lowest BCUT2D eigenvalue weighted by Gasteiger charge is -2.09. The van der Waals surface area contributed by atoms with Crippen LogP contribution in [0.2, 0.25) is 0 Å². The van der Waals surface area contributed by atoms with Crippen LogP contribution in [0.15, 0.2) is 0 Å². The maximum atomic E-state index is 5.40. The third-order valence-corrected chi connectivity index (χ3v) is 1.53. The summed E-state index contributed by atoms with van der Waals surface area (Å²) < 4.78 is 5.40. The molecule has 0 heterocycles. The van der Waals surface area contributed by atoms with E-state index in [1.807, 2.05) is 0 Å². The molecule has 62 valence electrons. The van der Waals surface area contributed by atoms with E-state index in [9.17, 15) is 0 Å². The van der Waals surface area contributed by atoms with Crippen LogP contribution in [0.1, 0.15) is 40.0 Å². The Bertz CT molecular complexity index is 61.7. The Balaban J connectivity index is 2.97. The highest BCUT2D eigenvalue weighted by Gasteiger charge is 1.98. The molecule has 1 unspecified atom stereocenters. The summed E-state index contributed by atoms with van der Waals surface area (Å²) in [5.41, 5.74) is 0. The first kappa shape index (κ1) is 9.96. The van der Waals surface area contributed by atoms with Gasteiger partial charge in [-0.05, 0) is 18.8 Å². The van der Waals surface area contributed by atoms with Gasteiger partial charge in [0.15, 0.2) is 0 Å². The van der Waals surface area contributed by atoms with E-state index < -0.39 is 0 Å². The normalized spacial score (nSPS) is 13.5. The van der Waals surface area contributed by atoms with Crippen molar-refractivity contribution in [2.75, 3.05) is 13.2 Å². The smallest absolute Gasteiger partial charge is 0.0491 e. The van der Waals surface area contributed by atoms with Gasteiger partial charge in [-0.25, -0.2) is 0 Å². The number of hydrogen-bond acceptors (Lipinski definition) is 1. The van der Waals surface area contributed by atoms with Crippen molar-refractivity contribution in [1.82, 2.24) is 0 Å². The lowest BCUT2D eigenvalue weighted by Crippen LogP contribution is -2.05. The SMILES string of the molecule is CCCOCC(C)CCC. The number of ether oxygens (including phenoxy) is 1. The van der Waals surface area contributed by atoms with Gasteiger partial charge in [0.2, 0.25) is 0 Å². The minimum absolute atomic E-state index is 0.747. The molecule has 0 aromatic rings. The lowest BCUT2D eigenvalue weighted by atomic mass is 10.1. The molecule has 0 rings (SSSR count). The zero-order valence-corrected chi connectivity index (χ0v) is 7.52. The molecule has 1 nitrogen and oxygen atoms in total. The Labute approximate surface area is 64.8 Å². The Kier molecular flexibility index (Phi) is 7.04. The minimum Gasteiger partial charge on any atom is -0.381 e. The van der Waals surface area contributed by atoms with Crippen molar-refractivity contribution in [2.45, 2.75) is 40.0 Å². The quantitative estimate of drug-likeness (QED) is 0.521. The van der Waals surface area contributed by atoms with Gasteiger partial charge in [0, 0.05) is 13.2 Å². The van der Waals surface area contributed by atoms with Crippen molar-refractivity contribution in [3.63, 3.8) is 0 Å². The van der Waals surface area contributed by atoms with Crippen LogP contribution in [0.3, 0.4) is 0 Å². The molecule has 0 aliphatic rings. The standard InChI is InChI=1S/C9H20O/c1-4-6-9(3)8-10-7-5-2/h9H,4-8H2,1-3H3. The zero-order chi connectivity index (χ0) is 7.82. The fourth-order valence-corrected chi connectivity index (χ4v) is 1.00. The van der Waals surface area contributed by atoms with Crippen molar-refractivity contribution in [3.8, 4) is 0 Å². The van der Waals surface area contributed by atoms with Crippen LogP contribution in [-0.4, -0.2) is 13.2 Å². The molecule has 0 fully saturated rings. The molecule has 0 spiro atoms. The molecular weight excluding hydrogens is 124 g/mol. The van der Waals surface area contributed by atoms with Gasteiger partial charge >= 0.3 is 0 Å². The summed E-state index contributed by atoms with van der Waals surface area (Å²) in [6.07, 6.45) is 3.71. The fraction of sp³-hybridized carbons (Fsp3) is 1.00. The average Bonchev–Trinajstić information content (AvgIpc) is 1.89. The fourth-order valence-electron chi connectivity index (χ4n) is 1.00. The Morgan fingerprint density at radius 3 is 2.40 bits per heavy atom. The molecule has 0 aliphatic heterocycles. The summed E-state index contributed by atoms with van der Waals surface area (Å²) in [4.78, 5) is 0. The summed E-state index contributed by atoms with van der Waals surface area (Å²) >= 11 is 0. The summed E-state index contributed by atoms with van der Waals surface area (Å²) in [5, 5.41) is 0. The molecule has 0 saturated heterocycles. The molecule has 0 aromatic carbocycles. The van der Waals surface area contributed by atoms with E-state index in [1.165, 1.54) is 12.8 Å². The van der Waals surface area contributed by atoms with Crippen LogP contribution in [0, 0.1) is 5.92 Å². The van der Waals surface area contributed by atoms with E-state index in [0.29, 0.717) is 0 Å². The molecule has 1 heteroatoms. The Morgan fingerprint density at radius 2 is 1.90 bits per heavy atom. The van der Waals surface area contributed by atoms with Crippen LogP contribution in [0.4, 0.5) is 0 Å².